The van der Waals surface area contributed by atoms with Gasteiger partial charge < -0.3 is 16.2 Å². The SMILES string of the molecule is CC1(C)N=C(N)N=C(N)N1c1cccc(COc2ccc(Cl)c(Cl)c2Cl)c1. The van der Waals surface area contributed by atoms with Gasteiger partial charge in [-0.2, -0.15) is 4.99 Å². The van der Waals surface area contributed by atoms with Gasteiger partial charge in [0.2, 0.25) is 11.9 Å². The number of anilines is 1. The van der Waals surface area contributed by atoms with Gasteiger partial charge in [-0.25, -0.2) is 4.99 Å². The molecule has 0 amide bonds. The molecule has 1 heterocycles. The third-order valence-electron chi connectivity index (χ3n) is 3.96. The second-order valence-corrected chi connectivity index (χ2v) is 7.57. The van der Waals surface area contributed by atoms with Crippen LogP contribution in [0.2, 0.25) is 15.1 Å². The molecule has 2 aromatic carbocycles. The van der Waals surface area contributed by atoms with E-state index < -0.39 is 5.66 Å². The minimum absolute atomic E-state index is 0.155. The van der Waals surface area contributed by atoms with E-state index in [0.29, 0.717) is 10.8 Å². The predicted molar refractivity (Wildman–Crippen MR) is 112 cm³/mol. The van der Waals surface area contributed by atoms with Crippen molar-refractivity contribution in [1.82, 2.24) is 0 Å². The lowest BCUT2D eigenvalue weighted by Crippen LogP contribution is -2.54. The van der Waals surface area contributed by atoms with Gasteiger partial charge in [-0.05, 0) is 43.7 Å². The van der Waals surface area contributed by atoms with Crippen LogP contribution in [-0.4, -0.2) is 17.6 Å². The monoisotopic (exact) mass is 425 g/mol. The molecule has 2 aromatic rings. The van der Waals surface area contributed by atoms with Crippen LogP contribution in [0.15, 0.2) is 46.4 Å². The number of ether oxygens (including phenoxy) is 1. The van der Waals surface area contributed by atoms with Crippen molar-refractivity contribution in [3.8, 4) is 5.75 Å². The van der Waals surface area contributed by atoms with E-state index in [9.17, 15) is 0 Å². The quantitative estimate of drug-likeness (QED) is 0.709. The minimum atomic E-state index is -0.664. The maximum Gasteiger partial charge on any atom is 0.220 e. The van der Waals surface area contributed by atoms with Gasteiger partial charge in [-0.3, -0.25) is 4.90 Å². The smallest absolute Gasteiger partial charge is 0.220 e. The molecule has 0 spiro atoms. The fourth-order valence-electron chi connectivity index (χ4n) is 2.82. The lowest BCUT2D eigenvalue weighted by Gasteiger charge is -2.38. The normalized spacial score (nSPS) is 16.0. The highest BCUT2D eigenvalue weighted by Gasteiger charge is 2.33. The zero-order valence-corrected chi connectivity index (χ0v) is 17.0. The molecule has 0 saturated heterocycles. The van der Waals surface area contributed by atoms with Gasteiger partial charge in [-0.1, -0.05) is 46.9 Å². The molecule has 4 N–H and O–H groups in total. The number of nitrogens with zero attached hydrogens (tertiary/aromatic N) is 3. The molecular weight excluding hydrogens is 409 g/mol. The highest BCUT2D eigenvalue weighted by atomic mass is 35.5. The Morgan fingerprint density at radius 3 is 2.52 bits per heavy atom. The molecule has 0 atom stereocenters. The first-order valence-corrected chi connectivity index (χ1v) is 9.17. The van der Waals surface area contributed by atoms with E-state index in [1.807, 2.05) is 38.1 Å². The molecule has 6 nitrogen and oxygen atoms in total. The highest BCUT2D eigenvalue weighted by Crippen LogP contribution is 2.37. The largest absolute Gasteiger partial charge is 0.487 e. The summed E-state index contributed by atoms with van der Waals surface area (Å²) < 4.78 is 5.79. The van der Waals surface area contributed by atoms with E-state index in [1.54, 1.807) is 17.0 Å². The van der Waals surface area contributed by atoms with Gasteiger partial charge in [0.15, 0.2) is 0 Å². The Morgan fingerprint density at radius 2 is 1.81 bits per heavy atom. The zero-order valence-electron chi connectivity index (χ0n) is 14.7. The number of benzene rings is 2. The summed E-state index contributed by atoms with van der Waals surface area (Å²) in [5, 5.41) is 0.913. The fraction of sp³-hybridized carbons (Fsp3) is 0.222. The van der Waals surface area contributed by atoms with Crippen molar-refractivity contribution in [3.05, 3.63) is 57.0 Å². The Labute approximate surface area is 172 Å². The van der Waals surface area contributed by atoms with Crippen LogP contribution in [0.1, 0.15) is 19.4 Å². The third kappa shape index (κ3) is 4.08. The maximum atomic E-state index is 6.18. The van der Waals surface area contributed by atoms with E-state index in [2.05, 4.69) is 9.98 Å². The number of hydrogen-bond donors (Lipinski definition) is 2. The van der Waals surface area contributed by atoms with Crippen molar-refractivity contribution in [2.24, 2.45) is 21.5 Å². The van der Waals surface area contributed by atoms with Gasteiger partial charge in [0.25, 0.3) is 0 Å². The second kappa shape index (κ2) is 7.46. The Morgan fingerprint density at radius 1 is 1.07 bits per heavy atom. The summed E-state index contributed by atoms with van der Waals surface area (Å²) in [6.45, 7) is 4.09. The van der Waals surface area contributed by atoms with Crippen LogP contribution in [0, 0.1) is 0 Å². The summed E-state index contributed by atoms with van der Waals surface area (Å²) in [4.78, 5) is 10.2. The zero-order chi connectivity index (χ0) is 19.8. The minimum Gasteiger partial charge on any atom is -0.487 e. The Kier molecular flexibility index (Phi) is 5.42. The van der Waals surface area contributed by atoms with Gasteiger partial charge in [0, 0.05) is 5.69 Å². The molecular formula is C18H18Cl3N5O. The second-order valence-electron chi connectivity index (χ2n) is 6.40. The van der Waals surface area contributed by atoms with E-state index in [1.165, 1.54) is 0 Å². The molecule has 0 aliphatic carbocycles. The number of guanidine groups is 2. The van der Waals surface area contributed by atoms with E-state index in [4.69, 9.17) is 51.0 Å². The molecule has 3 rings (SSSR count). The molecule has 1 aliphatic rings. The number of halogens is 3. The topological polar surface area (TPSA) is 89.2 Å². The van der Waals surface area contributed by atoms with Gasteiger partial charge in [-0.15, -0.1) is 0 Å². The lowest BCUT2D eigenvalue weighted by atomic mass is 10.1. The van der Waals surface area contributed by atoms with Gasteiger partial charge >= 0.3 is 0 Å². The summed E-state index contributed by atoms with van der Waals surface area (Å²) in [5.41, 5.74) is 12.9. The summed E-state index contributed by atoms with van der Waals surface area (Å²) in [6.07, 6.45) is 0. The van der Waals surface area contributed by atoms with Crippen molar-refractivity contribution < 1.29 is 4.74 Å². The third-order valence-corrected chi connectivity index (χ3v) is 5.23. The van der Waals surface area contributed by atoms with Crippen LogP contribution < -0.4 is 21.1 Å². The van der Waals surface area contributed by atoms with Crippen molar-refractivity contribution in [3.63, 3.8) is 0 Å². The highest BCUT2D eigenvalue weighted by molar-refractivity contribution is 6.48. The van der Waals surface area contributed by atoms with Crippen LogP contribution in [0.25, 0.3) is 0 Å². The lowest BCUT2D eigenvalue weighted by molar-refractivity contribution is 0.306. The molecule has 27 heavy (non-hydrogen) atoms. The van der Waals surface area contributed by atoms with Gasteiger partial charge in [0.05, 0.1) is 10.0 Å². The van der Waals surface area contributed by atoms with Gasteiger partial charge in [0.1, 0.15) is 23.0 Å². The van der Waals surface area contributed by atoms with Crippen molar-refractivity contribution in [2.75, 3.05) is 4.90 Å². The van der Waals surface area contributed by atoms with E-state index in [-0.39, 0.29) is 28.6 Å². The van der Waals surface area contributed by atoms with Crippen molar-refractivity contribution >= 4 is 52.4 Å². The Bertz CT molecular complexity index is 943. The average Bonchev–Trinajstić information content (AvgIpc) is 2.58. The summed E-state index contributed by atoms with van der Waals surface area (Å²) in [6, 6.07) is 11.0. The van der Waals surface area contributed by atoms with Crippen molar-refractivity contribution in [1.29, 1.82) is 0 Å². The first-order chi connectivity index (χ1) is 12.7. The molecule has 0 aromatic heterocycles. The summed E-state index contributed by atoms with van der Waals surface area (Å²) in [7, 11) is 0. The van der Waals surface area contributed by atoms with E-state index in [0.717, 1.165) is 11.3 Å². The number of aliphatic imine (C=N–C) groups is 2. The average molecular weight is 427 g/mol. The summed E-state index contributed by atoms with van der Waals surface area (Å²) in [5.74, 6) is 0.883. The fourth-order valence-corrected chi connectivity index (χ4v) is 3.40. The molecule has 0 saturated carbocycles. The van der Waals surface area contributed by atoms with Crippen LogP contribution in [-0.2, 0) is 6.61 Å². The van der Waals surface area contributed by atoms with Crippen LogP contribution >= 0.6 is 34.8 Å². The molecule has 0 radical (unpaired) electrons. The molecule has 9 heteroatoms. The standard InChI is InChI=1S/C18H18Cl3N5O/c1-18(2)25-16(22)24-17(23)26(18)11-5-3-4-10(8-11)9-27-13-7-6-12(19)14(20)15(13)21/h3-8H,9H2,1-2H3,(H4,22,23,24,25). The van der Waals surface area contributed by atoms with Crippen molar-refractivity contribution in [2.45, 2.75) is 26.1 Å². The first kappa shape index (κ1) is 19.6. The maximum absolute atomic E-state index is 6.18. The molecule has 0 bridgehead atoms. The van der Waals surface area contributed by atoms with Crippen LogP contribution in [0.5, 0.6) is 5.75 Å². The van der Waals surface area contributed by atoms with Crippen LogP contribution in [0.4, 0.5) is 5.69 Å². The predicted octanol–water partition coefficient (Wildman–Crippen LogP) is 4.41. The number of rotatable bonds is 4. The van der Waals surface area contributed by atoms with E-state index >= 15 is 0 Å². The molecule has 142 valence electrons. The Hall–Kier alpha value is -2.15. The molecule has 1 aliphatic heterocycles. The van der Waals surface area contributed by atoms with Crippen LogP contribution in [0.3, 0.4) is 0 Å². The summed E-state index contributed by atoms with van der Waals surface area (Å²) >= 11 is 18.2. The molecule has 0 unspecified atom stereocenters. The Balaban J connectivity index is 1.83. The number of hydrogen-bond acceptors (Lipinski definition) is 6. The number of nitrogens with two attached hydrogens (primary N) is 2. The molecule has 0 fully saturated rings. The first-order valence-electron chi connectivity index (χ1n) is 8.04.